The van der Waals surface area contributed by atoms with Crippen molar-refractivity contribution in [2.24, 2.45) is 10.7 Å². The molecule has 2 aromatic heterocycles. The Morgan fingerprint density at radius 1 is 1.29 bits per heavy atom. The van der Waals surface area contributed by atoms with Gasteiger partial charge in [0, 0.05) is 18.2 Å². The Morgan fingerprint density at radius 2 is 2.10 bits per heavy atom. The minimum absolute atomic E-state index is 0.105. The molecule has 4 N–H and O–H groups in total. The zero-order chi connectivity index (χ0) is 22.6. The summed E-state index contributed by atoms with van der Waals surface area (Å²) in [6.07, 6.45) is 7.90. The molecule has 0 radical (unpaired) electrons. The number of rotatable bonds is 9. The van der Waals surface area contributed by atoms with Crippen molar-refractivity contribution in [1.29, 1.82) is 0 Å². The second-order valence-electron chi connectivity index (χ2n) is 6.14. The number of esters is 1. The summed E-state index contributed by atoms with van der Waals surface area (Å²) in [4.78, 5) is 40.7. The molecule has 11 heteroatoms. The van der Waals surface area contributed by atoms with Crippen molar-refractivity contribution in [3.05, 3.63) is 52.7 Å². The molecule has 2 rings (SSSR count). The Bertz CT molecular complexity index is 979. The van der Waals surface area contributed by atoms with Crippen LogP contribution < -0.4 is 16.6 Å². The molecule has 2 heterocycles. The average Bonchev–Trinajstić information content (AvgIpc) is 2.75. The normalized spacial score (nSPS) is 11.4. The van der Waals surface area contributed by atoms with E-state index in [1.807, 2.05) is 13.0 Å². The van der Waals surface area contributed by atoms with Crippen molar-refractivity contribution in [3.63, 3.8) is 0 Å². The first-order valence-corrected chi connectivity index (χ1v) is 10.4. The number of aromatic nitrogens is 3. The highest BCUT2D eigenvalue weighted by Crippen LogP contribution is 2.23. The Hall–Kier alpha value is -3.34. The second-order valence-corrected chi connectivity index (χ2v) is 7.00. The van der Waals surface area contributed by atoms with Crippen LogP contribution in [0.15, 0.2) is 46.4 Å². The number of carbonyl (C=O) groups is 2. The Labute approximate surface area is 188 Å². The van der Waals surface area contributed by atoms with Gasteiger partial charge in [-0.3, -0.25) is 15.6 Å². The third-order valence-electron chi connectivity index (χ3n) is 3.92. The highest BCUT2D eigenvalue weighted by atomic mass is 79.9. The minimum atomic E-state index is -0.982. The van der Waals surface area contributed by atoms with Gasteiger partial charge in [0.25, 0.3) is 0 Å². The lowest BCUT2D eigenvalue weighted by atomic mass is 10.0. The summed E-state index contributed by atoms with van der Waals surface area (Å²) in [5, 5.41) is 0. The number of nitrogens with zero attached hydrogens (tertiary/aromatic N) is 4. The van der Waals surface area contributed by atoms with Crippen molar-refractivity contribution in [2.45, 2.75) is 33.1 Å². The van der Waals surface area contributed by atoms with Crippen LogP contribution in [0, 0.1) is 0 Å². The minimum Gasteiger partial charge on any atom is -0.459 e. The molecule has 0 unspecified atom stereocenters. The molecule has 0 aromatic carbocycles. The van der Waals surface area contributed by atoms with Crippen LogP contribution in [0.5, 0.6) is 0 Å². The first-order chi connectivity index (χ1) is 15.0. The van der Waals surface area contributed by atoms with Gasteiger partial charge in [-0.25, -0.2) is 24.7 Å². The topological polar surface area (TPSA) is 144 Å². The number of amides is 1. The van der Waals surface area contributed by atoms with Crippen LogP contribution in [0.25, 0.3) is 0 Å². The lowest BCUT2D eigenvalue weighted by molar-refractivity contribution is -0.154. The molecule has 31 heavy (non-hydrogen) atoms. The van der Waals surface area contributed by atoms with Gasteiger partial charge in [-0.1, -0.05) is 13.3 Å². The van der Waals surface area contributed by atoms with E-state index in [1.54, 1.807) is 25.3 Å². The molecule has 0 spiro atoms. The summed E-state index contributed by atoms with van der Waals surface area (Å²) in [6, 6.07) is 3.64. The SMILES string of the molecule is CCCc1c(CC(C=CN)=Nc2ncccc2Br)ncnc1NNC(=O)C(=O)OCC. The predicted octanol–water partition coefficient (Wildman–Crippen LogP) is 2.38. The van der Waals surface area contributed by atoms with Crippen LogP contribution >= 0.6 is 15.9 Å². The number of anilines is 1. The maximum atomic E-state index is 11.8. The lowest BCUT2D eigenvalue weighted by Gasteiger charge is -2.14. The Morgan fingerprint density at radius 3 is 2.77 bits per heavy atom. The highest BCUT2D eigenvalue weighted by Gasteiger charge is 2.17. The van der Waals surface area contributed by atoms with Gasteiger partial charge in [-0.05, 0) is 53.7 Å². The Balaban J connectivity index is 2.30. The largest absolute Gasteiger partial charge is 0.459 e. The van der Waals surface area contributed by atoms with E-state index in [0.29, 0.717) is 35.9 Å². The number of hydrogen-bond acceptors (Lipinski definition) is 9. The summed E-state index contributed by atoms with van der Waals surface area (Å²) in [7, 11) is 0. The smallest absolute Gasteiger partial charge is 0.398 e. The number of aliphatic imine (C=N–C) groups is 1. The molecule has 0 atom stereocenters. The van der Waals surface area contributed by atoms with E-state index in [-0.39, 0.29) is 6.61 Å². The summed E-state index contributed by atoms with van der Waals surface area (Å²) in [5.41, 5.74) is 12.7. The van der Waals surface area contributed by atoms with Crippen molar-refractivity contribution in [3.8, 4) is 0 Å². The van der Waals surface area contributed by atoms with E-state index in [4.69, 9.17) is 5.73 Å². The van der Waals surface area contributed by atoms with Gasteiger partial charge in [0.05, 0.1) is 22.5 Å². The maximum Gasteiger partial charge on any atom is 0.398 e. The van der Waals surface area contributed by atoms with E-state index < -0.39 is 11.9 Å². The number of carbonyl (C=O) groups excluding carboxylic acids is 2. The van der Waals surface area contributed by atoms with Crippen molar-refractivity contribution >= 4 is 45.2 Å². The number of nitrogens with two attached hydrogens (primary N) is 1. The fourth-order valence-corrected chi connectivity index (χ4v) is 2.94. The number of ether oxygens (including phenoxy) is 1. The monoisotopic (exact) mass is 489 g/mol. The van der Waals surface area contributed by atoms with Gasteiger partial charge in [0.2, 0.25) is 0 Å². The molecule has 0 saturated carbocycles. The molecular weight excluding hydrogens is 466 g/mol. The second kappa shape index (κ2) is 12.4. The lowest BCUT2D eigenvalue weighted by Crippen LogP contribution is -2.37. The van der Waals surface area contributed by atoms with Crippen LogP contribution in [0.2, 0.25) is 0 Å². The molecular formula is C20H24BrN7O3. The number of allylic oxidation sites excluding steroid dienone is 1. The van der Waals surface area contributed by atoms with Crippen LogP contribution in [0.3, 0.4) is 0 Å². The highest BCUT2D eigenvalue weighted by molar-refractivity contribution is 9.10. The van der Waals surface area contributed by atoms with Crippen LogP contribution in [-0.4, -0.2) is 39.1 Å². The summed E-state index contributed by atoms with van der Waals surface area (Å²) >= 11 is 3.43. The molecule has 0 aliphatic rings. The summed E-state index contributed by atoms with van der Waals surface area (Å²) in [5.74, 6) is -0.996. The van der Waals surface area contributed by atoms with E-state index in [0.717, 1.165) is 16.5 Å². The van der Waals surface area contributed by atoms with Crippen molar-refractivity contribution in [1.82, 2.24) is 20.4 Å². The molecule has 0 bridgehead atoms. The predicted molar refractivity (Wildman–Crippen MR) is 120 cm³/mol. The fourth-order valence-electron chi connectivity index (χ4n) is 2.60. The quantitative estimate of drug-likeness (QED) is 0.210. The van der Waals surface area contributed by atoms with Gasteiger partial charge < -0.3 is 10.5 Å². The number of hydrogen-bond donors (Lipinski definition) is 3. The third-order valence-corrected chi connectivity index (χ3v) is 4.53. The third kappa shape index (κ3) is 7.14. The zero-order valence-electron chi connectivity index (χ0n) is 17.3. The van der Waals surface area contributed by atoms with E-state index in [1.165, 1.54) is 12.5 Å². The molecule has 164 valence electrons. The van der Waals surface area contributed by atoms with Crippen LogP contribution in [-0.2, 0) is 27.2 Å². The molecule has 1 amide bonds. The molecule has 0 aliphatic carbocycles. The van der Waals surface area contributed by atoms with E-state index in [2.05, 4.69) is 51.5 Å². The van der Waals surface area contributed by atoms with Crippen LogP contribution in [0.4, 0.5) is 11.6 Å². The summed E-state index contributed by atoms with van der Waals surface area (Å²) < 4.78 is 5.42. The molecule has 0 saturated heterocycles. The van der Waals surface area contributed by atoms with E-state index >= 15 is 0 Å². The van der Waals surface area contributed by atoms with Gasteiger partial charge in [-0.2, -0.15) is 0 Å². The van der Waals surface area contributed by atoms with Crippen LogP contribution in [0.1, 0.15) is 31.5 Å². The number of hydrazine groups is 1. The molecule has 0 fully saturated rings. The molecule has 0 aliphatic heterocycles. The first-order valence-electron chi connectivity index (χ1n) is 9.62. The molecule has 2 aromatic rings. The Kier molecular flexibility index (Phi) is 9.56. The van der Waals surface area contributed by atoms with Gasteiger partial charge in [0.15, 0.2) is 11.6 Å². The van der Waals surface area contributed by atoms with Gasteiger partial charge in [0.1, 0.15) is 6.33 Å². The van der Waals surface area contributed by atoms with Gasteiger partial charge in [-0.15, -0.1) is 0 Å². The fraction of sp³-hybridized carbons (Fsp3) is 0.300. The van der Waals surface area contributed by atoms with E-state index in [9.17, 15) is 9.59 Å². The number of nitrogens with one attached hydrogen (secondary N) is 2. The molecule has 10 nitrogen and oxygen atoms in total. The average molecular weight is 490 g/mol. The zero-order valence-corrected chi connectivity index (χ0v) is 18.8. The maximum absolute atomic E-state index is 11.8. The van der Waals surface area contributed by atoms with Crippen molar-refractivity contribution in [2.75, 3.05) is 12.0 Å². The standard InChI is InChI=1S/C20H24BrN7O3/c1-3-6-14-16(11-13(8-9-22)26-18-15(21)7-5-10-23-18)24-12-25-17(14)27-28-19(29)20(30)31-4-2/h5,7-10,12H,3-4,6,11,22H2,1-2H3,(H,28,29)(H,24,25,27). The van der Waals surface area contributed by atoms with Crippen molar-refractivity contribution < 1.29 is 14.3 Å². The first kappa shape index (κ1) is 23.9. The summed E-state index contributed by atoms with van der Waals surface area (Å²) in [6.45, 7) is 3.73. The number of pyridine rings is 1. The van der Waals surface area contributed by atoms with Gasteiger partial charge >= 0.3 is 11.9 Å². The number of halogens is 1.